The number of furan rings is 1. The average Bonchev–Trinajstić information content (AvgIpc) is 3.40. The van der Waals surface area contributed by atoms with Gasteiger partial charge in [0.2, 0.25) is 0 Å². The van der Waals surface area contributed by atoms with Crippen LogP contribution in [0.4, 0.5) is 5.82 Å². The first-order valence-electron chi connectivity index (χ1n) is 11.1. The number of thiophene rings is 1. The Kier molecular flexibility index (Phi) is 5.40. The highest BCUT2D eigenvalue weighted by atomic mass is 32.1. The normalized spacial score (nSPS) is 15.5. The molecule has 0 unspecified atom stereocenters. The molecule has 0 atom stereocenters. The third kappa shape index (κ3) is 3.81. The van der Waals surface area contributed by atoms with Crippen molar-refractivity contribution in [1.29, 1.82) is 0 Å². The van der Waals surface area contributed by atoms with Crippen LogP contribution in [0.5, 0.6) is 0 Å². The molecule has 0 aromatic carbocycles. The fraction of sp³-hybridized carbons (Fsp3) is 0.458. The number of pyridine rings is 1. The Morgan fingerprint density at radius 2 is 2.06 bits per heavy atom. The molecule has 0 fully saturated rings. The third-order valence-electron chi connectivity index (χ3n) is 5.91. The molecule has 0 bridgehead atoms. The van der Waals surface area contributed by atoms with Crippen LogP contribution >= 0.6 is 11.3 Å². The summed E-state index contributed by atoms with van der Waals surface area (Å²) in [6, 6.07) is 3.86. The quantitative estimate of drug-likeness (QED) is 0.341. The van der Waals surface area contributed by atoms with Crippen molar-refractivity contribution in [2.24, 2.45) is 0 Å². The van der Waals surface area contributed by atoms with Crippen LogP contribution in [0.25, 0.3) is 31.9 Å². The molecule has 1 aliphatic heterocycles. The molecule has 4 aromatic heterocycles. The number of nitrogens with zero attached hydrogens (tertiary/aromatic N) is 3. The van der Waals surface area contributed by atoms with E-state index in [1.807, 2.05) is 12.1 Å². The average molecular weight is 437 g/mol. The van der Waals surface area contributed by atoms with Crippen molar-refractivity contribution in [3.8, 4) is 11.5 Å². The fourth-order valence-corrected chi connectivity index (χ4v) is 5.43. The van der Waals surface area contributed by atoms with Crippen molar-refractivity contribution in [3.63, 3.8) is 0 Å². The molecule has 1 aliphatic rings. The van der Waals surface area contributed by atoms with Gasteiger partial charge in [-0.15, -0.1) is 11.3 Å². The predicted molar refractivity (Wildman–Crippen MR) is 126 cm³/mol. The predicted octanol–water partition coefficient (Wildman–Crippen LogP) is 6.34. The van der Waals surface area contributed by atoms with Crippen LogP contribution in [0.15, 0.2) is 29.1 Å². The van der Waals surface area contributed by atoms with E-state index in [4.69, 9.17) is 19.1 Å². The summed E-state index contributed by atoms with van der Waals surface area (Å²) in [5, 5.41) is 4.67. The van der Waals surface area contributed by atoms with Crippen molar-refractivity contribution in [2.75, 3.05) is 11.9 Å². The molecule has 0 radical (unpaired) electrons. The third-order valence-corrected chi connectivity index (χ3v) is 6.99. The molecule has 0 aliphatic carbocycles. The Balaban J connectivity index is 1.64. The van der Waals surface area contributed by atoms with Gasteiger partial charge in [0.25, 0.3) is 0 Å². The Morgan fingerprint density at radius 1 is 1.16 bits per heavy atom. The van der Waals surface area contributed by atoms with E-state index >= 15 is 0 Å². The maximum absolute atomic E-state index is 6.15. The summed E-state index contributed by atoms with van der Waals surface area (Å²) in [6.07, 6.45) is 9.06. The second-order valence-electron chi connectivity index (χ2n) is 8.79. The Bertz CT molecular complexity index is 1210. The number of unbranched alkanes of at least 4 members (excludes halogenated alkanes) is 3. The number of aromatic nitrogens is 3. The van der Waals surface area contributed by atoms with Gasteiger partial charge < -0.3 is 14.5 Å². The number of anilines is 1. The maximum Gasteiger partial charge on any atom is 0.152 e. The molecule has 162 valence electrons. The van der Waals surface area contributed by atoms with Crippen LogP contribution in [0, 0.1) is 0 Å². The van der Waals surface area contributed by atoms with Crippen molar-refractivity contribution in [2.45, 2.75) is 65.1 Å². The Morgan fingerprint density at radius 3 is 2.87 bits per heavy atom. The lowest BCUT2D eigenvalue weighted by Crippen LogP contribution is -2.32. The van der Waals surface area contributed by atoms with Gasteiger partial charge in [0.05, 0.1) is 28.7 Å². The highest BCUT2D eigenvalue weighted by Gasteiger charge is 2.32. The van der Waals surface area contributed by atoms with Crippen LogP contribution in [-0.2, 0) is 17.8 Å². The number of rotatable bonds is 7. The van der Waals surface area contributed by atoms with E-state index in [1.165, 1.54) is 24.8 Å². The van der Waals surface area contributed by atoms with Gasteiger partial charge in [0, 0.05) is 23.9 Å². The van der Waals surface area contributed by atoms with Crippen molar-refractivity contribution < 1.29 is 9.15 Å². The van der Waals surface area contributed by atoms with E-state index < -0.39 is 0 Å². The molecule has 6 nitrogen and oxygen atoms in total. The first-order valence-corrected chi connectivity index (χ1v) is 11.9. The molecule has 4 aromatic rings. The molecule has 7 heteroatoms. The summed E-state index contributed by atoms with van der Waals surface area (Å²) in [6.45, 7) is 7.95. The second-order valence-corrected chi connectivity index (χ2v) is 9.79. The zero-order valence-corrected chi connectivity index (χ0v) is 19.1. The Labute approximate surface area is 186 Å². The zero-order chi connectivity index (χ0) is 21.4. The fourth-order valence-electron chi connectivity index (χ4n) is 4.31. The second kappa shape index (κ2) is 8.20. The van der Waals surface area contributed by atoms with Gasteiger partial charge in [-0.2, -0.15) is 0 Å². The monoisotopic (exact) mass is 436 g/mol. The number of nitrogens with one attached hydrogen (secondary N) is 1. The van der Waals surface area contributed by atoms with E-state index in [9.17, 15) is 0 Å². The summed E-state index contributed by atoms with van der Waals surface area (Å²) in [4.78, 5) is 15.2. The van der Waals surface area contributed by atoms with E-state index in [0.717, 1.165) is 62.7 Å². The minimum atomic E-state index is -0.233. The highest BCUT2D eigenvalue weighted by Crippen LogP contribution is 2.44. The van der Waals surface area contributed by atoms with Crippen molar-refractivity contribution in [3.05, 3.63) is 35.9 Å². The SMILES string of the molecule is CCCCCCNc1ncnc2c1sc1nc(-c3ccco3)c3c(c12)CC(C)(C)OC3. The van der Waals surface area contributed by atoms with Crippen LogP contribution in [0.3, 0.4) is 0 Å². The number of hydrogen-bond donors (Lipinski definition) is 1. The van der Waals surface area contributed by atoms with E-state index in [0.29, 0.717) is 6.61 Å². The summed E-state index contributed by atoms with van der Waals surface area (Å²) in [5.74, 6) is 1.68. The summed E-state index contributed by atoms with van der Waals surface area (Å²) in [7, 11) is 0. The van der Waals surface area contributed by atoms with Crippen molar-refractivity contribution >= 4 is 37.6 Å². The lowest BCUT2D eigenvalue weighted by molar-refractivity contribution is -0.0395. The Hall–Kier alpha value is -2.51. The van der Waals surface area contributed by atoms with Gasteiger partial charge in [-0.25, -0.2) is 15.0 Å². The van der Waals surface area contributed by atoms with Gasteiger partial charge in [-0.1, -0.05) is 26.2 Å². The highest BCUT2D eigenvalue weighted by molar-refractivity contribution is 7.26. The van der Waals surface area contributed by atoms with Crippen LogP contribution < -0.4 is 5.32 Å². The van der Waals surface area contributed by atoms with Crippen LogP contribution in [0.1, 0.15) is 57.6 Å². The maximum atomic E-state index is 6.15. The molecule has 5 heterocycles. The molecule has 1 N–H and O–H groups in total. The van der Waals surface area contributed by atoms with Crippen molar-refractivity contribution in [1.82, 2.24) is 15.0 Å². The molecular weight excluding hydrogens is 408 g/mol. The van der Waals surface area contributed by atoms with Gasteiger partial charge in [-0.05, 0) is 38.0 Å². The lowest BCUT2D eigenvalue weighted by atomic mass is 9.89. The van der Waals surface area contributed by atoms with Gasteiger partial charge in [0.15, 0.2) is 5.76 Å². The standard InChI is InChI=1S/C24H28N4O2S/c1-4-5-6-7-10-25-22-21-20(26-14-27-22)18-15-12-24(2,3)30-13-16(15)19(28-23(18)31-21)17-9-8-11-29-17/h8-9,11,14H,4-7,10,12-13H2,1-3H3,(H,25,26,27). The zero-order valence-electron chi connectivity index (χ0n) is 18.3. The number of hydrogen-bond acceptors (Lipinski definition) is 7. The minimum absolute atomic E-state index is 0.233. The molecule has 31 heavy (non-hydrogen) atoms. The van der Waals surface area contributed by atoms with E-state index in [-0.39, 0.29) is 5.60 Å². The molecule has 5 rings (SSSR count). The summed E-state index contributed by atoms with van der Waals surface area (Å²) in [5.41, 5.74) is 4.00. The number of fused-ring (bicyclic) bond motifs is 5. The first kappa shape index (κ1) is 20.4. The topological polar surface area (TPSA) is 73.1 Å². The lowest BCUT2D eigenvalue weighted by Gasteiger charge is -2.32. The first-order chi connectivity index (χ1) is 15.1. The molecule has 0 amide bonds. The van der Waals surface area contributed by atoms with Crippen LogP contribution in [0.2, 0.25) is 0 Å². The van der Waals surface area contributed by atoms with Gasteiger partial charge in [-0.3, -0.25) is 0 Å². The molecule has 0 saturated carbocycles. The van der Waals surface area contributed by atoms with E-state index in [1.54, 1.807) is 23.9 Å². The van der Waals surface area contributed by atoms with E-state index in [2.05, 4.69) is 31.1 Å². The molecular formula is C24H28N4O2S. The van der Waals surface area contributed by atoms with Gasteiger partial charge >= 0.3 is 0 Å². The molecule has 0 saturated heterocycles. The minimum Gasteiger partial charge on any atom is -0.463 e. The van der Waals surface area contributed by atoms with Crippen LogP contribution in [-0.4, -0.2) is 27.1 Å². The summed E-state index contributed by atoms with van der Waals surface area (Å²) >= 11 is 1.66. The summed E-state index contributed by atoms with van der Waals surface area (Å²) < 4.78 is 12.9. The number of ether oxygens (including phenoxy) is 1. The largest absolute Gasteiger partial charge is 0.463 e. The molecule has 0 spiro atoms. The smallest absolute Gasteiger partial charge is 0.152 e. The van der Waals surface area contributed by atoms with Gasteiger partial charge in [0.1, 0.15) is 22.7 Å².